The van der Waals surface area contributed by atoms with Crippen molar-refractivity contribution < 1.29 is 4.74 Å². The van der Waals surface area contributed by atoms with Gasteiger partial charge in [0.05, 0.1) is 0 Å². The summed E-state index contributed by atoms with van der Waals surface area (Å²) >= 11 is 5.25. The monoisotopic (exact) mass is 369 g/mol. The summed E-state index contributed by atoms with van der Waals surface area (Å²) in [5.74, 6) is 1.39. The van der Waals surface area contributed by atoms with E-state index in [1.165, 1.54) is 19.3 Å². The van der Waals surface area contributed by atoms with Gasteiger partial charge in [-0.2, -0.15) is 0 Å². The Balaban J connectivity index is 1.77. The van der Waals surface area contributed by atoms with Crippen LogP contribution in [-0.4, -0.2) is 10.9 Å². The number of nitrogens with two attached hydrogens (primary N) is 1. The van der Waals surface area contributed by atoms with E-state index in [9.17, 15) is 0 Å². The number of anilines is 1. The first kappa shape index (κ1) is 19.9. The summed E-state index contributed by atoms with van der Waals surface area (Å²) in [4.78, 5) is 4.25. The van der Waals surface area contributed by atoms with E-state index >= 15 is 0 Å². The Bertz CT molecular complexity index is 699. The number of nitrogens with zero attached hydrogens (tertiary/aromatic N) is 1. The molecule has 3 N–H and O–H groups in total. The lowest BCUT2D eigenvalue weighted by Gasteiger charge is -2.09. The number of hydrogen-bond acceptors (Lipinski definition) is 2. The predicted molar refractivity (Wildman–Crippen MR) is 114 cm³/mol. The molecule has 0 amide bonds. The molecule has 0 fully saturated rings. The van der Waals surface area contributed by atoms with E-state index in [2.05, 4.69) is 17.2 Å². The van der Waals surface area contributed by atoms with Crippen molar-refractivity contribution in [3.8, 4) is 5.75 Å². The van der Waals surface area contributed by atoms with Crippen LogP contribution in [0, 0.1) is 0 Å². The largest absolute Gasteiger partial charge is 0.489 e. The molecule has 0 atom stereocenters. The molecule has 2 aromatic rings. The Morgan fingerprint density at radius 2 is 1.77 bits per heavy atom. The summed E-state index contributed by atoms with van der Waals surface area (Å²) in [7, 11) is 0. The van der Waals surface area contributed by atoms with Crippen LogP contribution in [0.25, 0.3) is 0 Å². The van der Waals surface area contributed by atoms with E-state index in [1.807, 2.05) is 54.6 Å². The predicted octanol–water partition coefficient (Wildman–Crippen LogP) is 5.29. The maximum atomic E-state index is 5.93. The zero-order chi connectivity index (χ0) is 18.6. The molecule has 0 heterocycles. The number of ether oxygens (including phenoxy) is 1. The molecule has 0 radical (unpaired) electrons. The van der Waals surface area contributed by atoms with Crippen LogP contribution < -0.4 is 15.8 Å². The molecule has 0 aliphatic rings. The van der Waals surface area contributed by atoms with Crippen molar-refractivity contribution in [1.82, 2.24) is 0 Å². The van der Waals surface area contributed by atoms with Gasteiger partial charge in [0.15, 0.2) is 5.11 Å². The molecule has 138 valence electrons. The van der Waals surface area contributed by atoms with Gasteiger partial charge in [-0.05, 0) is 48.5 Å². The van der Waals surface area contributed by atoms with Crippen LogP contribution >= 0.6 is 12.2 Å². The van der Waals surface area contributed by atoms with Gasteiger partial charge in [-0.25, -0.2) is 4.99 Å². The van der Waals surface area contributed by atoms with E-state index < -0.39 is 0 Å². The number of thiocarbonyl (C=S) groups is 1. The average molecular weight is 370 g/mol. The van der Waals surface area contributed by atoms with E-state index in [0.29, 0.717) is 17.6 Å². The Morgan fingerprint density at radius 3 is 2.46 bits per heavy atom. The van der Waals surface area contributed by atoms with E-state index in [1.54, 1.807) is 0 Å². The van der Waals surface area contributed by atoms with Gasteiger partial charge in [-0.1, -0.05) is 56.5 Å². The molecule has 0 bridgehead atoms. The molecule has 0 spiro atoms. The Labute approximate surface area is 161 Å². The highest BCUT2D eigenvalue weighted by atomic mass is 32.1. The molecule has 5 heteroatoms. The summed E-state index contributed by atoms with van der Waals surface area (Å²) in [6.07, 6.45) is 5.46. The lowest BCUT2D eigenvalue weighted by molar-refractivity contribution is 0.306. The van der Waals surface area contributed by atoms with E-state index in [-0.39, 0.29) is 0 Å². The van der Waals surface area contributed by atoms with Crippen molar-refractivity contribution in [3.05, 3.63) is 60.2 Å². The first-order chi connectivity index (χ1) is 12.7. The number of unbranched alkanes of at least 4 members (excludes halogenated alkanes) is 3. The molecule has 0 aliphatic heterocycles. The lowest BCUT2D eigenvalue weighted by Crippen LogP contribution is -2.17. The Hall–Kier alpha value is -2.40. The number of rotatable bonds is 9. The van der Waals surface area contributed by atoms with Crippen molar-refractivity contribution >= 4 is 28.9 Å². The highest BCUT2D eigenvalue weighted by Crippen LogP contribution is 2.17. The second-order valence-corrected chi connectivity index (χ2v) is 6.53. The van der Waals surface area contributed by atoms with Crippen LogP contribution in [0.4, 0.5) is 5.69 Å². The van der Waals surface area contributed by atoms with Gasteiger partial charge >= 0.3 is 0 Å². The lowest BCUT2D eigenvalue weighted by atomic mass is 10.1. The van der Waals surface area contributed by atoms with E-state index in [4.69, 9.17) is 22.7 Å². The van der Waals surface area contributed by atoms with Gasteiger partial charge in [0.1, 0.15) is 18.2 Å². The molecular weight excluding hydrogens is 342 g/mol. The molecule has 0 unspecified atom stereocenters. The van der Waals surface area contributed by atoms with Crippen molar-refractivity contribution in [2.75, 3.05) is 5.32 Å². The second kappa shape index (κ2) is 11.3. The third-order valence-electron chi connectivity index (χ3n) is 3.89. The van der Waals surface area contributed by atoms with Gasteiger partial charge in [-0.3, -0.25) is 0 Å². The highest BCUT2D eigenvalue weighted by Gasteiger charge is 2.00. The maximum absolute atomic E-state index is 5.93. The van der Waals surface area contributed by atoms with Crippen LogP contribution in [-0.2, 0) is 6.61 Å². The summed E-state index contributed by atoms with van der Waals surface area (Å²) in [6, 6.07) is 17.7. The topological polar surface area (TPSA) is 59.6 Å². The van der Waals surface area contributed by atoms with Crippen molar-refractivity contribution in [3.63, 3.8) is 0 Å². The fourth-order valence-corrected chi connectivity index (χ4v) is 2.68. The van der Waals surface area contributed by atoms with Crippen molar-refractivity contribution in [1.29, 1.82) is 0 Å². The summed E-state index contributed by atoms with van der Waals surface area (Å²) in [5, 5.41) is 3.47. The number of amidine groups is 1. The molecule has 0 aliphatic carbocycles. The molecular formula is C21H27N3OS. The summed E-state index contributed by atoms with van der Waals surface area (Å²) in [6.45, 7) is 2.74. The number of nitrogens with one attached hydrogen (secondary N) is 1. The molecule has 26 heavy (non-hydrogen) atoms. The molecule has 0 saturated heterocycles. The van der Waals surface area contributed by atoms with Gasteiger partial charge in [-0.15, -0.1) is 0 Å². The zero-order valence-electron chi connectivity index (χ0n) is 15.3. The fourth-order valence-electron chi connectivity index (χ4n) is 2.45. The third-order valence-corrected chi connectivity index (χ3v) is 4.08. The number of aliphatic imine (C=N–C) groups is 1. The molecule has 2 rings (SSSR count). The minimum Gasteiger partial charge on any atom is -0.489 e. The first-order valence-electron chi connectivity index (χ1n) is 9.08. The quantitative estimate of drug-likeness (QED) is 0.273. The molecule has 0 saturated carbocycles. The van der Waals surface area contributed by atoms with Crippen LogP contribution in [0.1, 0.15) is 44.6 Å². The Morgan fingerprint density at radius 1 is 1.04 bits per heavy atom. The molecule has 2 aromatic carbocycles. The summed E-state index contributed by atoms with van der Waals surface area (Å²) < 4.78 is 5.77. The van der Waals surface area contributed by atoms with Gasteiger partial charge < -0.3 is 15.8 Å². The minimum absolute atomic E-state index is 0.385. The normalized spacial score (nSPS) is 11.2. The molecule has 0 aromatic heterocycles. The van der Waals surface area contributed by atoms with Crippen LogP contribution in [0.15, 0.2) is 59.6 Å². The van der Waals surface area contributed by atoms with Crippen LogP contribution in [0.5, 0.6) is 5.75 Å². The standard InChI is InChI=1S/C21H27N3OS/c1-2-3-4-8-11-20(22)24-21(26)23-18-12-14-19(15-13-18)25-16-17-9-6-5-7-10-17/h5-7,9-10,12-15H,2-4,8,11,16H2,1H3,(H3,22,23,24,26). The Kier molecular flexibility index (Phi) is 8.63. The van der Waals surface area contributed by atoms with Gasteiger partial charge in [0.25, 0.3) is 0 Å². The first-order valence-corrected chi connectivity index (χ1v) is 9.49. The van der Waals surface area contributed by atoms with E-state index in [0.717, 1.165) is 29.8 Å². The zero-order valence-corrected chi connectivity index (χ0v) is 16.1. The van der Waals surface area contributed by atoms with Gasteiger partial charge in [0, 0.05) is 12.1 Å². The van der Waals surface area contributed by atoms with Gasteiger partial charge in [0.2, 0.25) is 0 Å². The fraction of sp³-hybridized carbons (Fsp3) is 0.333. The smallest absolute Gasteiger partial charge is 0.198 e. The minimum atomic E-state index is 0.385. The highest BCUT2D eigenvalue weighted by molar-refractivity contribution is 7.80. The average Bonchev–Trinajstić information content (AvgIpc) is 2.65. The van der Waals surface area contributed by atoms with Crippen molar-refractivity contribution in [2.24, 2.45) is 10.7 Å². The second-order valence-electron chi connectivity index (χ2n) is 6.14. The van der Waals surface area contributed by atoms with Crippen LogP contribution in [0.3, 0.4) is 0 Å². The SMILES string of the molecule is CCCCCCC(N)=NC(=S)Nc1ccc(OCc2ccccc2)cc1. The number of hydrogen-bond donors (Lipinski definition) is 2. The molecule has 4 nitrogen and oxygen atoms in total. The third kappa shape index (κ3) is 7.66. The maximum Gasteiger partial charge on any atom is 0.198 e. The van der Waals surface area contributed by atoms with Crippen LogP contribution in [0.2, 0.25) is 0 Å². The van der Waals surface area contributed by atoms with Crippen molar-refractivity contribution in [2.45, 2.75) is 45.6 Å². The summed E-state index contributed by atoms with van der Waals surface area (Å²) in [5.41, 5.74) is 7.94. The number of benzene rings is 2.